The first-order valence-electron chi connectivity index (χ1n) is 13.4. The number of hydrogen-bond acceptors (Lipinski definition) is 8. The van der Waals surface area contributed by atoms with E-state index in [9.17, 15) is 29.1 Å². The number of aromatic carboxylic acids is 1. The summed E-state index contributed by atoms with van der Waals surface area (Å²) < 4.78 is 10.9. The average Bonchev–Trinajstić information content (AvgIpc) is 3.06. The highest BCUT2D eigenvalue weighted by molar-refractivity contribution is 6.10. The van der Waals surface area contributed by atoms with Crippen LogP contribution in [-0.2, 0) is 0 Å². The molecule has 0 radical (unpaired) electrons. The number of ether oxygens (including phenoxy) is 2. The molecule has 0 atom stereocenters. The smallest absolute Gasteiger partial charge is 0.343 e. The molecule has 0 saturated heterocycles. The van der Waals surface area contributed by atoms with Crippen molar-refractivity contribution < 1.29 is 38.6 Å². The second kappa shape index (κ2) is 12.8. The minimum absolute atomic E-state index is 0.0813. The molecule has 216 valence electrons. The normalized spacial score (nSPS) is 10.5. The Labute approximate surface area is 252 Å². The number of carbonyl (C=O) groups is 5. The van der Waals surface area contributed by atoms with Crippen LogP contribution in [0.1, 0.15) is 68.5 Å². The highest BCUT2D eigenvalue weighted by Crippen LogP contribution is 2.30. The number of benzene rings is 5. The number of ketones is 2. The lowest BCUT2D eigenvalue weighted by molar-refractivity contribution is -0.255. The third-order valence-corrected chi connectivity index (χ3v) is 6.80. The van der Waals surface area contributed by atoms with Crippen molar-refractivity contribution in [3.8, 4) is 11.5 Å². The molecule has 0 amide bonds. The van der Waals surface area contributed by atoms with E-state index in [1.807, 2.05) is 0 Å². The Kier molecular flexibility index (Phi) is 8.53. The molecule has 5 rings (SSSR count). The van der Waals surface area contributed by atoms with Crippen LogP contribution >= 0.6 is 0 Å². The maximum atomic E-state index is 12.9. The molecule has 0 heterocycles. The number of esters is 2. The average molecular weight is 584 g/mol. The van der Waals surface area contributed by atoms with Gasteiger partial charge in [-0.1, -0.05) is 84.9 Å². The Morgan fingerprint density at radius 2 is 0.886 bits per heavy atom. The standard InChI is InChI=1S/C36H24O8/c1-22-30(34(39)40)20-29(43-35(41)27-16-12-25(13-17-27)32(37)23-8-4-2-5-9-23)21-31(22)44-36(42)28-18-14-26(15-19-28)33(38)24-10-6-3-7-11-24/h2-21H,1H3,(H,39,40)/p-1. The topological polar surface area (TPSA) is 127 Å². The fourth-order valence-corrected chi connectivity index (χ4v) is 4.39. The van der Waals surface area contributed by atoms with Crippen molar-refractivity contribution in [2.75, 3.05) is 0 Å². The lowest BCUT2D eigenvalue weighted by Gasteiger charge is -2.15. The summed E-state index contributed by atoms with van der Waals surface area (Å²) in [6.07, 6.45) is 0. The van der Waals surface area contributed by atoms with Crippen molar-refractivity contribution in [1.29, 1.82) is 0 Å². The van der Waals surface area contributed by atoms with Crippen molar-refractivity contribution in [3.05, 3.63) is 166 Å². The van der Waals surface area contributed by atoms with Gasteiger partial charge in [0, 0.05) is 39.4 Å². The summed E-state index contributed by atoms with van der Waals surface area (Å²) in [5.74, 6) is -4.00. The molecular formula is C36H23O8-. The molecule has 0 aromatic heterocycles. The number of carboxylic acid groups (broad SMARTS) is 1. The van der Waals surface area contributed by atoms with Crippen LogP contribution in [0.2, 0.25) is 0 Å². The summed E-state index contributed by atoms with van der Waals surface area (Å²) >= 11 is 0. The zero-order valence-corrected chi connectivity index (χ0v) is 23.3. The SMILES string of the molecule is Cc1c(OC(=O)c2ccc(C(=O)c3ccccc3)cc2)cc(OC(=O)c2ccc(C(=O)c3ccccc3)cc2)cc1C(=O)[O-]. The number of rotatable bonds is 9. The van der Waals surface area contributed by atoms with E-state index in [0.29, 0.717) is 22.3 Å². The first-order chi connectivity index (χ1) is 21.2. The van der Waals surface area contributed by atoms with E-state index in [0.717, 1.165) is 6.07 Å². The molecule has 0 saturated carbocycles. The van der Waals surface area contributed by atoms with Gasteiger partial charge in [-0.25, -0.2) is 9.59 Å². The molecule has 0 aliphatic rings. The monoisotopic (exact) mass is 583 g/mol. The van der Waals surface area contributed by atoms with Crippen LogP contribution in [0.15, 0.2) is 121 Å². The summed E-state index contributed by atoms with van der Waals surface area (Å²) in [6.45, 7) is 1.42. The summed E-state index contributed by atoms with van der Waals surface area (Å²) in [4.78, 5) is 62.9. The quantitative estimate of drug-likeness (QED) is 0.131. The zero-order valence-electron chi connectivity index (χ0n) is 23.3. The molecule has 0 fully saturated rings. The van der Waals surface area contributed by atoms with Gasteiger partial charge in [-0.05, 0) is 37.3 Å². The maximum Gasteiger partial charge on any atom is 0.343 e. The maximum absolute atomic E-state index is 12.9. The van der Waals surface area contributed by atoms with Crippen LogP contribution in [0.3, 0.4) is 0 Å². The van der Waals surface area contributed by atoms with Gasteiger partial charge in [-0.15, -0.1) is 0 Å². The van der Waals surface area contributed by atoms with Crippen molar-refractivity contribution in [3.63, 3.8) is 0 Å². The van der Waals surface area contributed by atoms with Crippen molar-refractivity contribution in [2.45, 2.75) is 6.92 Å². The molecular weight excluding hydrogens is 560 g/mol. The van der Waals surface area contributed by atoms with Gasteiger partial charge < -0.3 is 19.4 Å². The van der Waals surface area contributed by atoms with E-state index >= 15 is 0 Å². The summed E-state index contributed by atoms with van der Waals surface area (Å²) in [7, 11) is 0. The van der Waals surface area contributed by atoms with Crippen LogP contribution in [0, 0.1) is 6.92 Å². The largest absolute Gasteiger partial charge is 0.545 e. The Hall–Kier alpha value is -6.15. The van der Waals surface area contributed by atoms with Crippen LogP contribution in [0.25, 0.3) is 0 Å². The van der Waals surface area contributed by atoms with Crippen LogP contribution < -0.4 is 14.6 Å². The molecule has 0 spiro atoms. The van der Waals surface area contributed by atoms with Gasteiger partial charge in [0.05, 0.1) is 17.1 Å². The predicted molar refractivity (Wildman–Crippen MR) is 158 cm³/mol. The third-order valence-electron chi connectivity index (χ3n) is 6.80. The number of carbonyl (C=O) groups excluding carboxylic acids is 5. The van der Waals surface area contributed by atoms with E-state index in [-0.39, 0.29) is 45.3 Å². The van der Waals surface area contributed by atoms with Crippen LogP contribution in [0.4, 0.5) is 0 Å². The molecule has 8 nitrogen and oxygen atoms in total. The van der Waals surface area contributed by atoms with E-state index in [1.54, 1.807) is 60.7 Å². The molecule has 0 bridgehead atoms. The predicted octanol–water partition coefficient (Wildman–Crippen LogP) is 5.26. The molecule has 8 heteroatoms. The molecule has 0 aliphatic heterocycles. The van der Waals surface area contributed by atoms with Gasteiger partial charge in [-0.3, -0.25) is 9.59 Å². The van der Waals surface area contributed by atoms with Gasteiger partial charge in [0.2, 0.25) is 0 Å². The van der Waals surface area contributed by atoms with Gasteiger partial charge >= 0.3 is 11.9 Å². The van der Waals surface area contributed by atoms with Gasteiger partial charge in [-0.2, -0.15) is 0 Å². The Balaban J connectivity index is 1.32. The number of hydrogen-bond donors (Lipinski definition) is 0. The first-order valence-corrected chi connectivity index (χ1v) is 13.4. The zero-order chi connectivity index (χ0) is 31.2. The van der Waals surface area contributed by atoms with Crippen LogP contribution in [-0.4, -0.2) is 29.5 Å². The molecule has 44 heavy (non-hydrogen) atoms. The van der Waals surface area contributed by atoms with Gasteiger partial charge in [0.25, 0.3) is 0 Å². The molecule has 0 aliphatic carbocycles. The second-order valence-electron chi connectivity index (χ2n) is 9.71. The summed E-state index contributed by atoms with van der Waals surface area (Å²) in [5.41, 5.74) is 1.68. The highest BCUT2D eigenvalue weighted by Gasteiger charge is 2.19. The van der Waals surface area contributed by atoms with Crippen molar-refractivity contribution in [2.24, 2.45) is 0 Å². The van der Waals surface area contributed by atoms with E-state index in [1.165, 1.54) is 61.5 Å². The molecule has 5 aromatic rings. The van der Waals surface area contributed by atoms with Gasteiger partial charge in [0.1, 0.15) is 11.5 Å². The third kappa shape index (κ3) is 6.50. The highest BCUT2D eigenvalue weighted by atomic mass is 16.5. The lowest BCUT2D eigenvalue weighted by Crippen LogP contribution is -2.24. The second-order valence-corrected chi connectivity index (χ2v) is 9.71. The van der Waals surface area contributed by atoms with Gasteiger partial charge in [0.15, 0.2) is 11.6 Å². The first kappa shape index (κ1) is 29.3. The fraction of sp³-hybridized carbons (Fsp3) is 0.0278. The Morgan fingerprint density at radius 3 is 1.32 bits per heavy atom. The molecule has 5 aromatic carbocycles. The molecule has 0 N–H and O–H groups in total. The van der Waals surface area contributed by atoms with E-state index < -0.39 is 17.9 Å². The van der Waals surface area contributed by atoms with Crippen molar-refractivity contribution >= 4 is 29.5 Å². The van der Waals surface area contributed by atoms with Crippen molar-refractivity contribution in [1.82, 2.24) is 0 Å². The minimum atomic E-state index is -1.56. The summed E-state index contributed by atoms with van der Waals surface area (Å²) in [6, 6.07) is 31.3. The lowest BCUT2D eigenvalue weighted by atomic mass is 10.0. The fourth-order valence-electron chi connectivity index (χ4n) is 4.39. The summed E-state index contributed by atoms with van der Waals surface area (Å²) in [5, 5.41) is 11.8. The Bertz CT molecular complexity index is 1880. The van der Waals surface area contributed by atoms with E-state index in [2.05, 4.69) is 0 Å². The number of carboxylic acids is 1. The van der Waals surface area contributed by atoms with Crippen LogP contribution in [0.5, 0.6) is 11.5 Å². The minimum Gasteiger partial charge on any atom is -0.545 e. The Morgan fingerprint density at radius 1 is 0.500 bits per heavy atom. The molecule has 0 unspecified atom stereocenters. The van der Waals surface area contributed by atoms with E-state index in [4.69, 9.17) is 9.47 Å².